The Morgan fingerprint density at radius 1 is 1.50 bits per heavy atom. The second kappa shape index (κ2) is 9.42. The summed E-state index contributed by atoms with van der Waals surface area (Å²) in [6, 6.07) is 0. The van der Waals surface area contributed by atoms with Crippen molar-refractivity contribution >= 4 is 11.9 Å². The van der Waals surface area contributed by atoms with E-state index in [4.69, 9.17) is 5.11 Å². The topological polar surface area (TPSA) is 63.6 Å². The third-order valence-corrected chi connectivity index (χ3v) is 0.579. The lowest BCUT2D eigenvalue weighted by atomic mass is 10.7. The maximum atomic E-state index is 9.93. The summed E-state index contributed by atoms with van der Waals surface area (Å²) in [6.45, 7) is 8.00. The summed E-state index contributed by atoms with van der Waals surface area (Å²) >= 11 is 0. The highest BCUT2D eigenvalue weighted by Gasteiger charge is 1.83. The van der Waals surface area contributed by atoms with Crippen LogP contribution in [-0.2, 0) is 14.3 Å². The van der Waals surface area contributed by atoms with Crippen LogP contribution in [0.5, 0.6) is 0 Å². The first kappa shape index (κ1) is 13.0. The van der Waals surface area contributed by atoms with E-state index < -0.39 is 5.97 Å². The molecule has 0 aromatic heterocycles. The van der Waals surface area contributed by atoms with Gasteiger partial charge in [0.05, 0.1) is 0 Å². The maximum Gasteiger partial charge on any atom is 0.327 e. The van der Waals surface area contributed by atoms with E-state index in [2.05, 4.69) is 17.9 Å². The van der Waals surface area contributed by atoms with E-state index in [9.17, 15) is 9.59 Å². The zero-order valence-electron chi connectivity index (χ0n) is 6.95. The summed E-state index contributed by atoms with van der Waals surface area (Å²) in [7, 11) is 0. The van der Waals surface area contributed by atoms with Crippen LogP contribution in [0.3, 0.4) is 0 Å². The van der Waals surface area contributed by atoms with Gasteiger partial charge in [0.15, 0.2) is 0 Å². The first-order chi connectivity index (χ1) is 5.54. The predicted molar refractivity (Wildman–Crippen MR) is 44.7 cm³/mol. The fourth-order valence-electron chi connectivity index (χ4n) is 0.176. The van der Waals surface area contributed by atoms with Crippen LogP contribution >= 0.6 is 0 Å². The van der Waals surface area contributed by atoms with Crippen molar-refractivity contribution in [3.63, 3.8) is 0 Å². The van der Waals surface area contributed by atoms with Gasteiger partial charge in [0.1, 0.15) is 6.61 Å². The number of hydrogen-bond donors (Lipinski definition) is 1. The van der Waals surface area contributed by atoms with Crippen LogP contribution in [0.25, 0.3) is 0 Å². The molecule has 0 atom stereocenters. The van der Waals surface area contributed by atoms with Gasteiger partial charge in [0, 0.05) is 13.0 Å². The molecule has 0 aromatic rings. The maximum absolute atomic E-state index is 9.93. The van der Waals surface area contributed by atoms with Crippen LogP contribution in [-0.4, -0.2) is 23.7 Å². The molecule has 0 saturated carbocycles. The molecular formula is C8H12O4. The molecule has 1 N–H and O–H groups in total. The van der Waals surface area contributed by atoms with Gasteiger partial charge in [-0.1, -0.05) is 19.2 Å². The molecule has 0 aliphatic heterocycles. The Bertz CT molecular complexity index is 172. The van der Waals surface area contributed by atoms with Crippen molar-refractivity contribution in [2.75, 3.05) is 6.61 Å². The minimum absolute atomic E-state index is 0.264. The number of rotatable bonds is 3. The Labute approximate surface area is 71.2 Å². The smallest absolute Gasteiger partial charge is 0.327 e. The minimum atomic E-state index is -0.981. The fraction of sp³-hybridized carbons (Fsp3) is 0.250. The normalized spacial score (nSPS) is 7.08. The number of carboxylic acids is 1. The minimum Gasteiger partial charge on any atom is -0.478 e. The van der Waals surface area contributed by atoms with Gasteiger partial charge in [-0.25, -0.2) is 4.79 Å². The molecule has 0 fully saturated rings. The highest BCUT2D eigenvalue weighted by atomic mass is 16.5. The molecule has 0 heterocycles. The van der Waals surface area contributed by atoms with E-state index in [0.717, 1.165) is 6.08 Å². The summed E-state index contributed by atoms with van der Waals surface area (Å²) in [5.41, 5.74) is 0. The first-order valence-corrected chi connectivity index (χ1v) is 3.14. The molecule has 0 bridgehead atoms. The van der Waals surface area contributed by atoms with Gasteiger partial charge in [0.25, 0.3) is 0 Å². The molecule has 0 unspecified atom stereocenters. The predicted octanol–water partition coefficient (Wildman–Crippen LogP) is 0.992. The monoisotopic (exact) mass is 172 g/mol. The van der Waals surface area contributed by atoms with Gasteiger partial charge < -0.3 is 9.84 Å². The van der Waals surface area contributed by atoms with Crippen LogP contribution < -0.4 is 0 Å². The molecular weight excluding hydrogens is 160 g/mol. The quantitative estimate of drug-likeness (QED) is 0.391. The Morgan fingerprint density at radius 3 is 2.00 bits per heavy atom. The average Bonchev–Trinajstić information content (AvgIpc) is 2.02. The van der Waals surface area contributed by atoms with Gasteiger partial charge in [-0.3, -0.25) is 4.79 Å². The molecule has 12 heavy (non-hydrogen) atoms. The molecule has 0 aliphatic carbocycles. The summed E-state index contributed by atoms with van der Waals surface area (Å²) in [4.78, 5) is 19.2. The largest absolute Gasteiger partial charge is 0.478 e. The molecule has 68 valence electrons. The van der Waals surface area contributed by atoms with Crippen molar-refractivity contribution in [3.05, 3.63) is 25.3 Å². The Hall–Kier alpha value is -1.58. The van der Waals surface area contributed by atoms with E-state index in [1.54, 1.807) is 0 Å². The zero-order chi connectivity index (χ0) is 9.98. The number of hydrogen-bond acceptors (Lipinski definition) is 3. The van der Waals surface area contributed by atoms with Gasteiger partial charge >= 0.3 is 11.9 Å². The van der Waals surface area contributed by atoms with E-state index in [-0.39, 0.29) is 5.97 Å². The number of carbonyl (C=O) groups excluding carboxylic acids is 1. The number of carboxylic acid groups (broad SMARTS) is 1. The van der Waals surface area contributed by atoms with Crippen LogP contribution in [0.15, 0.2) is 25.3 Å². The molecule has 0 rings (SSSR count). The number of aliphatic carboxylic acids is 1. The number of ether oxygens (including phenoxy) is 1. The van der Waals surface area contributed by atoms with Crippen molar-refractivity contribution < 1.29 is 19.4 Å². The van der Waals surface area contributed by atoms with Crippen LogP contribution in [0.2, 0.25) is 0 Å². The van der Waals surface area contributed by atoms with E-state index >= 15 is 0 Å². The Morgan fingerprint density at radius 2 is 1.92 bits per heavy atom. The third kappa shape index (κ3) is 23.7. The third-order valence-electron chi connectivity index (χ3n) is 0.579. The van der Waals surface area contributed by atoms with Gasteiger partial charge in [-0.05, 0) is 0 Å². The number of esters is 1. The van der Waals surface area contributed by atoms with Crippen LogP contribution in [0.1, 0.15) is 6.92 Å². The second-order valence-corrected chi connectivity index (χ2v) is 1.63. The molecule has 0 saturated heterocycles. The molecule has 0 aliphatic rings. The molecule has 0 radical (unpaired) electrons. The van der Waals surface area contributed by atoms with Crippen molar-refractivity contribution in [3.8, 4) is 0 Å². The van der Waals surface area contributed by atoms with Gasteiger partial charge in [-0.15, -0.1) is 0 Å². The second-order valence-electron chi connectivity index (χ2n) is 1.63. The van der Waals surface area contributed by atoms with Crippen molar-refractivity contribution in [1.29, 1.82) is 0 Å². The zero-order valence-corrected chi connectivity index (χ0v) is 6.95. The lowest BCUT2D eigenvalue weighted by Gasteiger charge is -1.90. The van der Waals surface area contributed by atoms with Crippen LogP contribution in [0, 0.1) is 0 Å². The summed E-state index contributed by atoms with van der Waals surface area (Å²) in [5.74, 6) is -1.25. The number of carbonyl (C=O) groups is 2. The molecule has 0 amide bonds. The van der Waals surface area contributed by atoms with Crippen molar-refractivity contribution in [1.82, 2.24) is 0 Å². The average molecular weight is 172 g/mol. The standard InChI is InChI=1S/C5H8O2.C3H4O2/c1-3-4-7-5(2)6;1-2-3(4)5/h3H,1,4H2,2H3;2H,1H2,(H,4,5). The Balaban J connectivity index is 0. The summed E-state index contributed by atoms with van der Waals surface area (Å²) in [6.07, 6.45) is 2.36. The lowest BCUT2D eigenvalue weighted by molar-refractivity contribution is -0.139. The van der Waals surface area contributed by atoms with Crippen LogP contribution in [0.4, 0.5) is 0 Å². The SMILES string of the molecule is C=CC(=O)O.C=CCOC(C)=O. The van der Waals surface area contributed by atoms with Gasteiger partial charge in [0.2, 0.25) is 0 Å². The summed E-state index contributed by atoms with van der Waals surface area (Å²) < 4.78 is 4.43. The van der Waals surface area contributed by atoms with E-state index in [1.165, 1.54) is 13.0 Å². The van der Waals surface area contributed by atoms with Crippen molar-refractivity contribution in [2.24, 2.45) is 0 Å². The first-order valence-electron chi connectivity index (χ1n) is 3.14. The molecule has 0 spiro atoms. The lowest BCUT2D eigenvalue weighted by Crippen LogP contribution is -1.96. The van der Waals surface area contributed by atoms with Gasteiger partial charge in [-0.2, -0.15) is 0 Å². The molecule has 0 aromatic carbocycles. The molecule has 4 nitrogen and oxygen atoms in total. The van der Waals surface area contributed by atoms with Crippen molar-refractivity contribution in [2.45, 2.75) is 6.92 Å². The highest BCUT2D eigenvalue weighted by Crippen LogP contribution is 1.73. The Kier molecular flexibility index (Phi) is 10.2. The highest BCUT2D eigenvalue weighted by molar-refractivity contribution is 5.78. The summed E-state index contributed by atoms with van der Waals surface area (Å²) in [5, 5.41) is 7.60. The molecule has 4 heteroatoms. The van der Waals surface area contributed by atoms with E-state index in [1.807, 2.05) is 0 Å². The fourth-order valence-corrected chi connectivity index (χ4v) is 0.176. The van der Waals surface area contributed by atoms with E-state index in [0.29, 0.717) is 6.61 Å².